The molecule has 0 radical (unpaired) electrons. The molecule has 4 rings (SSSR count). The van der Waals surface area contributed by atoms with Crippen molar-refractivity contribution in [3.63, 3.8) is 0 Å². The Morgan fingerprint density at radius 3 is 2.57 bits per heavy atom. The van der Waals surface area contributed by atoms with Gasteiger partial charge in [0.15, 0.2) is 6.10 Å². The molecule has 2 N–H and O–H groups in total. The number of benzene rings is 2. The highest BCUT2D eigenvalue weighted by Crippen LogP contribution is 2.32. The van der Waals surface area contributed by atoms with Gasteiger partial charge in [-0.15, -0.1) is 0 Å². The van der Waals surface area contributed by atoms with E-state index in [9.17, 15) is 14.4 Å². The van der Waals surface area contributed by atoms with E-state index in [0.29, 0.717) is 29.2 Å². The Bertz CT molecular complexity index is 1140. The average Bonchev–Trinajstić information content (AvgIpc) is 2.94. The largest absolute Gasteiger partial charge is 0.479 e. The van der Waals surface area contributed by atoms with E-state index in [0.717, 1.165) is 5.52 Å². The Morgan fingerprint density at radius 1 is 1.14 bits per heavy atom. The Hall–Kier alpha value is -3.55. The third-order valence-corrected chi connectivity index (χ3v) is 4.74. The van der Waals surface area contributed by atoms with E-state index in [4.69, 9.17) is 4.74 Å². The second-order valence-electron chi connectivity index (χ2n) is 6.61. The summed E-state index contributed by atoms with van der Waals surface area (Å²) in [5.74, 6) is -0.0280. The second kappa shape index (κ2) is 6.88. The predicted octanol–water partition coefficient (Wildman–Crippen LogP) is 2.18. The van der Waals surface area contributed by atoms with Crippen molar-refractivity contribution in [2.45, 2.75) is 33.0 Å². The number of hydrogen-bond donors (Lipinski definition) is 2. The van der Waals surface area contributed by atoms with Gasteiger partial charge in [-0.3, -0.25) is 18.7 Å². The standard InChI is InChI=1S/C20H20N4O4/c1-3-23-15-6-4-5-7-16(15)24(20(23)27)11-18(25)21-13-8-9-17-14(10-13)22-19(26)12(2)28-17/h4-10,12H,3,11H2,1-2H3,(H,21,25)(H,22,26). The van der Waals surface area contributed by atoms with Crippen molar-refractivity contribution in [3.05, 3.63) is 52.9 Å². The van der Waals surface area contributed by atoms with Crippen molar-refractivity contribution in [2.24, 2.45) is 0 Å². The molecule has 2 heterocycles. The molecule has 144 valence electrons. The molecule has 8 heteroatoms. The number of carbonyl (C=O) groups excluding carboxylic acids is 2. The zero-order valence-corrected chi connectivity index (χ0v) is 15.6. The number of imidazole rings is 1. The number of nitrogens with zero attached hydrogens (tertiary/aromatic N) is 2. The molecular weight excluding hydrogens is 360 g/mol. The molecular formula is C20H20N4O4. The summed E-state index contributed by atoms with van der Waals surface area (Å²) in [5, 5.41) is 5.51. The van der Waals surface area contributed by atoms with Crippen LogP contribution in [-0.2, 0) is 22.7 Å². The van der Waals surface area contributed by atoms with Gasteiger partial charge in [0.1, 0.15) is 12.3 Å². The third kappa shape index (κ3) is 3.02. The first-order valence-electron chi connectivity index (χ1n) is 9.07. The van der Waals surface area contributed by atoms with Gasteiger partial charge < -0.3 is 15.4 Å². The van der Waals surface area contributed by atoms with Crippen LogP contribution in [0.1, 0.15) is 13.8 Å². The van der Waals surface area contributed by atoms with E-state index in [1.54, 1.807) is 29.7 Å². The van der Waals surface area contributed by atoms with Crippen LogP contribution in [-0.4, -0.2) is 27.1 Å². The van der Waals surface area contributed by atoms with Crippen LogP contribution in [0.5, 0.6) is 5.75 Å². The summed E-state index contributed by atoms with van der Waals surface area (Å²) in [4.78, 5) is 37.0. The lowest BCUT2D eigenvalue weighted by Crippen LogP contribution is -2.34. The van der Waals surface area contributed by atoms with Gasteiger partial charge in [0.05, 0.1) is 16.7 Å². The van der Waals surface area contributed by atoms with E-state index in [2.05, 4.69) is 10.6 Å². The highest BCUT2D eigenvalue weighted by molar-refractivity contribution is 5.99. The van der Waals surface area contributed by atoms with E-state index in [1.165, 1.54) is 4.57 Å². The number of aryl methyl sites for hydroxylation is 1. The Morgan fingerprint density at radius 2 is 1.86 bits per heavy atom. The molecule has 3 aromatic rings. The molecule has 2 aromatic carbocycles. The van der Waals surface area contributed by atoms with Gasteiger partial charge in [-0.1, -0.05) is 12.1 Å². The number of nitrogens with one attached hydrogen (secondary N) is 2. The van der Waals surface area contributed by atoms with Crippen molar-refractivity contribution in [3.8, 4) is 5.75 Å². The minimum Gasteiger partial charge on any atom is -0.479 e. The molecule has 28 heavy (non-hydrogen) atoms. The highest BCUT2D eigenvalue weighted by atomic mass is 16.5. The van der Waals surface area contributed by atoms with E-state index in [1.807, 2.05) is 31.2 Å². The van der Waals surface area contributed by atoms with Crippen molar-refractivity contribution < 1.29 is 14.3 Å². The number of anilines is 2. The third-order valence-electron chi connectivity index (χ3n) is 4.74. The van der Waals surface area contributed by atoms with Crippen LogP contribution in [0.3, 0.4) is 0 Å². The van der Waals surface area contributed by atoms with Crippen molar-refractivity contribution in [1.29, 1.82) is 0 Å². The quantitative estimate of drug-likeness (QED) is 0.725. The number of aromatic nitrogens is 2. The smallest absolute Gasteiger partial charge is 0.329 e. The minimum atomic E-state index is -0.560. The Kier molecular flexibility index (Phi) is 4.38. The van der Waals surface area contributed by atoms with Gasteiger partial charge in [0, 0.05) is 12.2 Å². The maximum Gasteiger partial charge on any atom is 0.329 e. The van der Waals surface area contributed by atoms with Crippen LogP contribution < -0.4 is 21.1 Å². The van der Waals surface area contributed by atoms with Crippen molar-refractivity contribution >= 4 is 34.2 Å². The maximum atomic E-state index is 12.6. The fourth-order valence-corrected chi connectivity index (χ4v) is 3.36. The summed E-state index contributed by atoms with van der Waals surface area (Å²) < 4.78 is 8.60. The van der Waals surface area contributed by atoms with Gasteiger partial charge >= 0.3 is 5.69 Å². The van der Waals surface area contributed by atoms with Gasteiger partial charge in [-0.2, -0.15) is 0 Å². The van der Waals surface area contributed by atoms with Crippen molar-refractivity contribution in [2.75, 3.05) is 10.6 Å². The molecule has 2 amide bonds. The molecule has 8 nitrogen and oxygen atoms in total. The summed E-state index contributed by atoms with van der Waals surface area (Å²) in [6.45, 7) is 3.97. The number of amides is 2. The van der Waals surface area contributed by atoms with Crippen LogP contribution in [0.25, 0.3) is 11.0 Å². The summed E-state index contributed by atoms with van der Waals surface area (Å²) in [6.07, 6.45) is -0.560. The van der Waals surface area contributed by atoms with E-state index < -0.39 is 6.10 Å². The number of fused-ring (bicyclic) bond motifs is 2. The van der Waals surface area contributed by atoms with Crippen LogP contribution in [0.15, 0.2) is 47.3 Å². The van der Waals surface area contributed by atoms with Gasteiger partial charge in [0.2, 0.25) is 5.91 Å². The van der Waals surface area contributed by atoms with Crippen molar-refractivity contribution in [1.82, 2.24) is 9.13 Å². The second-order valence-corrected chi connectivity index (χ2v) is 6.61. The number of carbonyl (C=O) groups is 2. The average molecular weight is 380 g/mol. The van der Waals surface area contributed by atoms with Crippen LogP contribution >= 0.6 is 0 Å². The summed E-state index contributed by atoms with van der Waals surface area (Å²) >= 11 is 0. The van der Waals surface area contributed by atoms with Gasteiger partial charge in [-0.05, 0) is 44.2 Å². The van der Waals surface area contributed by atoms with Gasteiger partial charge in [0.25, 0.3) is 5.91 Å². The lowest BCUT2D eigenvalue weighted by Gasteiger charge is -2.23. The molecule has 1 aliphatic heterocycles. The zero-order chi connectivity index (χ0) is 19.8. The Labute approximate surface area is 160 Å². The molecule has 1 aromatic heterocycles. The maximum absolute atomic E-state index is 12.6. The summed E-state index contributed by atoms with van der Waals surface area (Å²) in [6, 6.07) is 12.4. The highest BCUT2D eigenvalue weighted by Gasteiger charge is 2.23. The number of para-hydroxylation sites is 2. The molecule has 0 fully saturated rings. The SMILES string of the molecule is CCn1c(=O)n(CC(=O)Nc2ccc3c(c2)NC(=O)C(C)O3)c2ccccc21. The normalized spacial score (nSPS) is 15.6. The monoisotopic (exact) mass is 380 g/mol. The number of ether oxygens (including phenoxy) is 1. The Balaban J connectivity index is 1.57. The topological polar surface area (TPSA) is 94.4 Å². The molecule has 1 unspecified atom stereocenters. The van der Waals surface area contributed by atoms with E-state index >= 15 is 0 Å². The molecule has 0 bridgehead atoms. The fourth-order valence-electron chi connectivity index (χ4n) is 3.36. The van der Waals surface area contributed by atoms with Crippen LogP contribution in [0.4, 0.5) is 11.4 Å². The first-order chi connectivity index (χ1) is 13.5. The molecule has 1 aliphatic rings. The minimum absolute atomic E-state index is 0.108. The van der Waals surface area contributed by atoms with Crippen LogP contribution in [0, 0.1) is 0 Å². The van der Waals surface area contributed by atoms with E-state index in [-0.39, 0.29) is 24.0 Å². The fraction of sp³-hybridized carbons (Fsp3) is 0.250. The first kappa shape index (κ1) is 17.8. The first-order valence-corrected chi connectivity index (χ1v) is 9.07. The summed E-state index contributed by atoms with van der Waals surface area (Å²) in [5.41, 5.74) is 2.30. The number of hydrogen-bond acceptors (Lipinski definition) is 4. The number of rotatable bonds is 4. The summed E-state index contributed by atoms with van der Waals surface area (Å²) in [7, 11) is 0. The molecule has 0 saturated heterocycles. The van der Waals surface area contributed by atoms with Crippen LogP contribution in [0.2, 0.25) is 0 Å². The zero-order valence-electron chi connectivity index (χ0n) is 15.6. The van der Waals surface area contributed by atoms with Gasteiger partial charge in [-0.25, -0.2) is 4.79 Å². The molecule has 0 spiro atoms. The molecule has 0 aliphatic carbocycles. The molecule has 1 atom stereocenters. The lowest BCUT2D eigenvalue weighted by molar-refractivity contribution is -0.122. The lowest BCUT2D eigenvalue weighted by atomic mass is 10.2. The predicted molar refractivity (Wildman–Crippen MR) is 106 cm³/mol. The molecule has 0 saturated carbocycles.